The number of anilines is 1. The fraction of sp³-hybridized carbons (Fsp3) is 0.500. The molecule has 1 aromatic rings. The van der Waals surface area contributed by atoms with Crippen molar-refractivity contribution in [1.82, 2.24) is 0 Å². The van der Waals surface area contributed by atoms with E-state index in [0.717, 1.165) is 19.4 Å². The van der Waals surface area contributed by atoms with E-state index in [-0.39, 0.29) is 11.3 Å². The first-order valence-corrected chi connectivity index (χ1v) is 6.04. The third kappa shape index (κ3) is 4.10. The lowest BCUT2D eigenvalue weighted by Gasteiger charge is -2.25. The summed E-state index contributed by atoms with van der Waals surface area (Å²) < 4.78 is 0. The number of para-hydroxylation sites is 1. The minimum Gasteiger partial charge on any atom is -0.387 e. The Morgan fingerprint density at radius 1 is 1.29 bits per heavy atom. The lowest BCUT2D eigenvalue weighted by atomic mass is 9.86. The molecule has 3 nitrogen and oxygen atoms in total. The third-order valence-electron chi connectivity index (χ3n) is 3.22. The van der Waals surface area contributed by atoms with Crippen molar-refractivity contribution in [3.63, 3.8) is 0 Å². The van der Waals surface area contributed by atoms with E-state index in [4.69, 9.17) is 11.1 Å². The van der Waals surface area contributed by atoms with Gasteiger partial charge in [-0.25, -0.2) is 0 Å². The smallest absolute Gasteiger partial charge is 0.0963 e. The Labute approximate surface area is 104 Å². The first kappa shape index (κ1) is 13.6. The summed E-state index contributed by atoms with van der Waals surface area (Å²) in [5.74, 6) is 0.278. The van der Waals surface area contributed by atoms with Crippen LogP contribution in [0.1, 0.15) is 26.7 Å². The van der Waals surface area contributed by atoms with Crippen molar-refractivity contribution in [1.29, 1.82) is 5.41 Å². The first-order valence-electron chi connectivity index (χ1n) is 6.04. The average Bonchev–Trinajstić information content (AvgIpc) is 2.29. The fourth-order valence-electron chi connectivity index (χ4n) is 1.70. The van der Waals surface area contributed by atoms with Crippen LogP contribution in [0.4, 0.5) is 5.69 Å². The van der Waals surface area contributed by atoms with Crippen LogP contribution in [0.25, 0.3) is 0 Å². The van der Waals surface area contributed by atoms with Crippen LogP contribution in [0, 0.1) is 10.8 Å². The quantitative estimate of drug-likeness (QED) is 0.586. The van der Waals surface area contributed by atoms with Gasteiger partial charge in [0, 0.05) is 24.7 Å². The van der Waals surface area contributed by atoms with Crippen molar-refractivity contribution in [2.45, 2.75) is 26.7 Å². The largest absolute Gasteiger partial charge is 0.387 e. The zero-order valence-corrected chi connectivity index (χ0v) is 11.0. The van der Waals surface area contributed by atoms with E-state index in [1.165, 1.54) is 5.69 Å². The van der Waals surface area contributed by atoms with E-state index >= 15 is 0 Å². The highest BCUT2D eigenvalue weighted by molar-refractivity contribution is 5.82. The van der Waals surface area contributed by atoms with Crippen LogP contribution in [-0.2, 0) is 0 Å². The van der Waals surface area contributed by atoms with E-state index in [9.17, 15) is 0 Å². The van der Waals surface area contributed by atoms with Crippen LogP contribution in [0.2, 0.25) is 0 Å². The second-order valence-electron chi connectivity index (χ2n) is 5.16. The highest BCUT2D eigenvalue weighted by Gasteiger charge is 2.20. The average molecular weight is 233 g/mol. The molecule has 0 atom stereocenters. The van der Waals surface area contributed by atoms with Crippen LogP contribution in [0.5, 0.6) is 0 Å². The number of nitrogens with two attached hydrogens (primary N) is 1. The molecule has 0 spiro atoms. The van der Waals surface area contributed by atoms with Crippen molar-refractivity contribution in [3.05, 3.63) is 30.3 Å². The second-order valence-corrected chi connectivity index (χ2v) is 5.16. The van der Waals surface area contributed by atoms with E-state index in [1.54, 1.807) is 0 Å². The van der Waals surface area contributed by atoms with Crippen LogP contribution < -0.4 is 10.6 Å². The Bertz CT molecular complexity index is 357. The van der Waals surface area contributed by atoms with E-state index < -0.39 is 0 Å². The van der Waals surface area contributed by atoms with Gasteiger partial charge >= 0.3 is 0 Å². The summed E-state index contributed by atoms with van der Waals surface area (Å²) in [5.41, 5.74) is 6.61. The highest BCUT2D eigenvalue weighted by Crippen LogP contribution is 2.22. The molecule has 0 aromatic heterocycles. The maximum Gasteiger partial charge on any atom is 0.0963 e. The number of rotatable bonds is 6. The molecule has 0 aliphatic rings. The standard InChI is InChI=1S/C14H23N3/c1-14(2,13(15)16)10-7-11-17(3)12-8-5-4-6-9-12/h4-6,8-9H,7,10-11H2,1-3H3,(H3,15,16). The Kier molecular flexibility index (Phi) is 4.55. The summed E-state index contributed by atoms with van der Waals surface area (Å²) in [7, 11) is 2.09. The Morgan fingerprint density at radius 2 is 1.88 bits per heavy atom. The van der Waals surface area contributed by atoms with Crippen LogP contribution in [0.15, 0.2) is 30.3 Å². The number of hydrogen-bond donors (Lipinski definition) is 2. The number of nitrogens with one attached hydrogen (secondary N) is 1. The van der Waals surface area contributed by atoms with E-state index in [1.807, 2.05) is 32.0 Å². The molecule has 0 aliphatic heterocycles. The normalized spacial score (nSPS) is 11.2. The zero-order valence-electron chi connectivity index (χ0n) is 11.0. The predicted octanol–water partition coefficient (Wildman–Crippen LogP) is 2.87. The lowest BCUT2D eigenvalue weighted by molar-refractivity contribution is 0.452. The molecule has 0 saturated heterocycles. The van der Waals surface area contributed by atoms with Crippen molar-refractivity contribution in [3.8, 4) is 0 Å². The van der Waals surface area contributed by atoms with Crippen molar-refractivity contribution in [2.75, 3.05) is 18.5 Å². The van der Waals surface area contributed by atoms with Gasteiger partial charge in [0.15, 0.2) is 0 Å². The molecule has 0 radical (unpaired) electrons. The second kappa shape index (κ2) is 5.71. The van der Waals surface area contributed by atoms with Crippen LogP contribution in [-0.4, -0.2) is 19.4 Å². The van der Waals surface area contributed by atoms with E-state index in [2.05, 4.69) is 24.1 Å². The number of nitrogens with zero attached hydrogens (tertiary/aromatic N) is 1. The van der Waals surface area contributed by atoms with Gasteiger partial charge in [-0.2, -0.15) is 0 Å². The number of amidine groups is 1. The van der Waals surface area contributed by atoms with E-state index in [0.29, 0.717) is 0 Å². The molecule has 0 heterocycles. The molecule has 0 aliphatic carbocycles. The molecule has 0 unspecified atom stereocenters. The van der Waals surface area contributed by atoms with Gasteiger partial charge in [0.05, 0.1) is 5.84 Å². The molecule has 3 N–H and O–H groups in total. The van der Waals surface area contributed by atoms with Crippen molar-refractivity contribution >= 4 is 11.5 Å². The van der Waals surface area contributed by atoms with Gasteiger partial charge < -0.3 is 10.6 Å². The summed E-state index contributed by atoms with van der Waals surface area (Å²) >= 11 is 0. The lowest BCUT2D eigenvalue weighted by Crippen LogP contribution is -2.31. The number of benzene rings is 1. The zero-order chi connectivity index (χ0) is 12.9. The Morgan fingerprint density at radius 3 is 2.41 bits per heavy atom. The molecular formula is C14H23N3. The van der Waals surface area contributed by atoms with Gasteiger partial charge in [-0.15, -0.1) is 0 Å². The molecule has 1 rings (SSSR count). The molecule has 17 heavy (non-hydrogen) atoms. The van der Waals surface area contributed by atoms with Gasteiger partial charge in [-0.1, -0.05) is 32.0 Å². The molecule has 0 amide bonds. The Balaban J connectivity index is 2.40. The van der Waals surface area contributed by atoms with Gasteiger partial charge in [0.1, 0.15) is 0 Å². The third-order valence-corrected chi connectivity index (χ3v) is 3.22. The minimum atomic E-state index is -0.183. The van der Waals surface area contributed by atoms with Crippen LogP contribution >= 0.6 is 0 Å². The minimum absolute atomic E-state index is 0.183. The van der Waals surface area contributed by atoms with Crippen LogP contribution in [0.3, 0.4) is 0 Å². The summed E-state index contributed by atoms with van der Waals surface area (Å²) in [4.78, 5) is 2.23. The number of hydrogen-bond acceptors (Lipinski definition) is 2. The van der Waals surface area contributed by atoms with Gasteiger partial charge in [0.2, 0.25) is 0 Å². The maximum absolute atomic E-state index is 7.51. The monoisotopic (exact) mass is 233 g/mol. The molecule has 3 heteroatoms. The molecule has 94 valence electrons. The van der Waals surface area contributed by atoms with Gasteiger partial charge in [-0.05, 0) is 25.0 Å². The SMILES string of the molecule is CN(CCCC(C)(C)C(=N)N)c1ccccc1. The topological polar surface area (TPSA) is 53.1 Å². The summed E-state index contributed by atoms with van der Waals surface area (Å²) in [5, 5.41) is 7.51. The van der Waals surface area contributed by atoms with Gasteiger partial charge in [-0.3, -0.25) is 5.41 Å². The highest BCUT2D eigenvalue weighted by atomic mass is 15.1. The molecule has 0 fully saturated rings. The molecule has 0 bridgehead atoms. The van der Waals surface area contributed by atoms with Crippen molar-refractivity contribution < 1.29 is 0 Å². The molecular weight excluding hydrogens is 210 g/mol. The predicted molar refractivity (Wildman–Crippen MR) is 74.6 cm³/mol. The fourth-order valence-corrected chi connectivity index (χ4v) is 1.70. The molecule has 0 saturated carbocycles. The summed E-state index contributed by atoms with van der Waals surface area (Å²) in [6, 6.07) is 10.3. The summed E-state index contributed by atoms with van der Waals surface area (Å²) in [6.45, 7) is 5.04. The Hall–Kier alpha value is -1.51. The first-order chi connectivity index (χ1) is 7.93. The summed E-state index contributed by atoms with van der Waals surface area (Å²) in [6.07, 6.45) is 1.98. The van der Waals surface area contributed by atoms with Crippen molar-refractivity contribution in [2.24, 2.45) is 11.1 Å². The maximum atomic E-state index is 7.51. The van der Waals surface area contributed by atoms with Gasteiger partial charge in [0.25, 0.3) is 0 Å². The molecule has 1 aromatic carbocycles.